The molecule has 1 aromatic heterocycles. The average molecular weight is 302 g/mol. The average Bonchev–Trinajstić information content (AvgIpc) is 2.34. The summed E-state index contributed by atoms with van der Waals surface area (Å²) in [5, 5.41) is 0.878. The van der Waals surface area contributed by atoms with Crippen LogP contribution in [-0.4, -0.2) is 15.4 Å². The molecule has 0 fully saturated rings. The lowest BCUT2D eigenvalue weighted by Crippen LogP contribution is -1.91. The molecule has 0 aliphatic carbocycles. The number of hydrogen-bond acceptors (Lipinski definition) is 3. The summed E-state index contributed by atoms with van der Waals surface area (Å²) < 4.78 is 16.9. The SMILES string of the molecule is CS(=O)c1cncc(Oc2ccc(Cl)c(Cl)c2)c1. The number of nitrogens with zero attached hydrogens (tertiary/aromatic N) is 1. The Morgan fingerprint density at radius 1 is 1.11 bits per heavy atom. The van der Waals surface area contributed by atoms with Gasteiger partial charge in [-0.1, -0.05) is 23.2 Å². The molecule has 0 spiro atoms. The van der Waals surface area contributed by atoms with Crippen LogP contribution in [-0.2, 0) is 10.8 Å². The van der Waals surface area contributed by atoms with Crippen molar-refractivity contribution < 1.29 is 8.95 Å². The van der Waals surface area contributed by atoms with Gasteiger partial charge in [0.05, 0.1) is 31.9 Å². The molecule has 0 radical (unpaired) electrons. The molecule has 2 rings (SSSR count). The van der Waals surface area contributed by atoms with Crippen molar-refractivity contribution in [3.8, 4) is 11.5 Å². The van der Waals surface area contributed by atoms with Crippen LogP contribution in [0.3, 0.4) is 0 Å². The third-order valence-electron chi connectivity index (χ3n) is 2.15. The summed E-state index contributed by atoms with van der Waals surface area (Å²) >= 11 is 11.7. The molecule has 1 unspecified atom stereocenters. The number of hydrogen-bond donors (Lipinski definition) is 0. The lowest BCUT2D eigenvalue weighted by Gasteiger charge is -2.07. The molecule has 1 atom stereocenters. The molecule has 1 aromatic carbocycles. The van der Waals surface area contributed by atoms with Crippen molar-refractivity contribution in [3.05, 3.63) is 46.7 Å². The van der Waals surface area contributed by atoms with Crippen LogP contribution in [0.2, 0.25) is 10.0 Å². The third-order valence-corrected chi connectivity index (χ3v) is 3.77. The van der Waals surface area contributed by atoms with Crippen LogP contribution in [0.15, 0.2) is 41.6 Å². The minimum absolute atomic E-state index is 0.414. The van der Waals surface area contributed by atoms with Gasteiger partial charge in [-0.25, -0.2) is 0 Å². The van der Waals surface area contributed by atoms with Gasteiger partial charge in [0, 0.05) is 24.6 Å². The first kappa shape index (κ1) is 13.3. The zero-order valence-corrected chi connectivity index (χ0v) is 11.7. The minimum atomic E-state index is -1.09. The number of aromatic nitrogens is 1. The molecule has 18 heavy (non-hydrogen) atoms. The normalized spacial score (nSPS) is 12.2. The monoisotopic (exact) mass is 301 g/mol. The number of ether oxygens (including phenoxy) is 1. The van der Waals surface area contributed by atoms with Gasteiger partial charge >= 0.3 is 0 Å². The smallest absolute Gasteiger partial charge is 0.146 e. The van der Waals surface area contributed by atoms with Crippen LogP contribution in [0.5, 0.6) is 11.5 Å². The van der Waals surface area contributed by atoms with Gasteiger partial charge in [-0.3, -0.25) is 9.19 Å². The van der Waals surface area contributed by atoms with Crippen molar-refractivity contribution in [2.24, 2.45) is 0 Å². The maximum absolute atomic E-state index is 11.3. The van der Waals surface area contributed by atoms with E-state index >= 15 is 0 Å². The second-order valence-corrected chi connectivity index (χ2v) is 5.68. The highest BCUT2D eigenvalue weighted by Crippen LogP contribution is 2.29. The second-order valence-electron chi connectivity index (χ2n) is 3.49. The van der Waals surface area contributed by atoms with E-state index in [2.05, 4.69) is 4.98 Å². The number of benzene rings is 1. The lowest BCUT2D eigenvalue weighted by atomic mass is 10.3. The number of pyridine rings is 1. The standard InChI is InChI=1S/C12H9Cl2NO2S/c1-18(16)10-4-9(6-15-7-10)17-8-2-3-11(13)12(14)5-8/h2-7H,1H3. The van der Waals surface area contributed by atoms with E-state index < -0.39 is 10.8 Å². The molecule has 2 aromatic rings. The van der Waals surface area contributed by atoms with Gasteiger partial charge in [0.15, 0.2) is 0 Å². The van der Waals surface area contributed by atoms with E-state index in [0.717, 1.165) is 0 Å². The van der Waals surface area contributed by atoms with Gasteiger partial charge in [-0.15, -0.1) is 0 Å². The molecule has 0 aliphatic rings. The summed E-state index contributed by atoms with van der Waals surface area (Å²) in [7, 11) is -1.09. The lowest BCUT2D eigenvalue weighted by molar-refractivity contribution is 0.478. The third kappa shape index (κ3) is 3.22. The van der Waals surface area contributed by atoms with Crippen molar-refractivity contribution >= 4 is 34.0 Å². The molecule has 6 heteroatoms. The van der Waals surface area contributed by atoms with Gasteiger partial charge in [0.1, 0.15) is 11.5 Å². The Balaban J connectivity index is 2.25. The van der Waals surface area contributed by atoms with Crippen LogP contribution in [0, 0.1) is 0 Å². The molecule has 0 N–H and O–H groups in total. The Labute approximate surface area is 117 Å². The van der Waals surface area contributed by atoms with Gasteiger partial charge in [-0.2, -0.15) is 0 Å². The van der Waals surface area contributed by atoms with Crippen LogP contribution in [0.25, 0.3) is 0 Å². The van der Waals surface area contributed by atoms with Crippen LogP contribution in [0.1, 0.15) is 0 Å². The summed E-state index contributed by atoms with van der Waals surface area (Å²) in [4.78, 5) is 4.57. The first-order chi connectivity index (χ1) is 8.56. The maximum atomic E-state index is 11.3. The van der Waals surface area contributed by atoms with Crippen molar-refractivity contribution in [2.75, 3.05) is 6.26 Å². The zero-order valence-electron chi connectivity index (χ0n) is 9.39. The van der Waals surface area contributed by atoms with E-state index in [1.807, 2.05) is 0 Å². The summed E-state index contributed by atoms with van der Waals surface area (Å²) in [5.41, 5.74) is 0. The fraction of sp³-hybridized carbons (Fsp3) is 0.0833. The fourth-order valence-electron chi connectivity index (χ4n) is 1.29. The first-order valence-corrected chi connectivity index (χ1v) is 7.29. The van der Waals surface area contributed by atoms with E-state index in [1.165, 1.54) is 6.20 Å². The van der Waals surface area contributed by atoms with E-state index in [4.69, 9.17) is 27.9 Å². The minimum Gasteiger partial charge on any atom is -0.456 e. The van der Waals surface area contributed by atoms with E-state index in [1.54, 1.807) is 36.7 Å². The summed E-state index contributed by atoms with van der Waals surface area (Å²) in [6.07, 6.45) is 4.66. The molecular formula is C12H9Cl2NO2S. The maximum Gasteiger partial charge on any atom is 0.146 e. The molecule has 3 nitrogen and oxygen atoms in total. The first-order valence-electron chi connectivity index (χ1n) is 4.97. The predicted octanol–water partition coefficient (Wildman–Crippen LogP) is 3.92. The Kier molecular flexibility index (Phi) is 4.22. The zero-order chi connectivity index (χ0) is 13.1. The molecule has 0 aliphatic heterocycles. The van der Waals surface area contributed by atoms with Crippen molar-refractivity contribution in [2.45, 2.75) is 4.90 Å². The highest BCUT2D eigenvalue weighted by Gasteiger charge is 2.04. The van der Waals surface area contributed by atoms with Gasteiger partial charge in [0.2, 0.25) is 0 Å². The highest BCUT2D eigenvalue weighted by molar-refractivity contribution is 7.84. The van der Waals surface area contributed by atoms with Crippen molar-refractivity contribution in [3.63, 3.8) is 0 Å². The summed E-state index contributed by atoms with van der Waals surface area (Å²) in [6, 6.07) is 6.63. The molecule has 0 bridgehead atoms. The van der Waals surface area contributed by atoms with Crippen molar-refractivity contribution in [1.82, 2.24) is 4.98 Å². The van der Waals surface area contributed by atoms with Crippen LogP contribution >= 0.6 is 23.2 Å². The second kappa shape index (κ2) is 5.69. The van der Waals surface area contributed by atoms with Gasteiger partial charge < -0.3 is 4.74 Å². The van der Waals surface area contributed by atoms with E-state index in [0.29, 0.717) is 26.4 Å². The topological polar surface area (TPSA) is 39.2 Å². The van der Waals surface area contributed by atoms with Crippen molar-refractivity contribution in [1.29, 1.82) is 0 Å². The van der Waals surface area contributed by atoms with E-state index in [9.17, 15) is 4.21 Å². The fourth-order valence-corrected chi connectivity index (χ4v) is 2.07. The molecule has 0 saturated carbocycles. The van der Waals surface area contributed by atoms with E-state index in [-0.39, 0.29) is 0 Å². The molecule has 0 amide bonds. The Morgan fingerprint density at radius 3 is 2.56 bits per heavy atom. The van der Waals surface area contributed by atoms with Crippen LogP contribution in [0.4, 0.5) is 0 Å². The molecule has 94 valence electrons. The van der Waals surface area contributed by atoms with Gasteiger partial charge in [0.25, 0.3) is 0 Å². The molecule has 1 heterocycles. The summed E-state index contributed by atoms with van der Waals surface area (Å²) in [5.74, 6) is 1.05. The number of halogens is 2. The quantitative estimate of drug-likeness (QED) is 0.862. The Bertz CT molecular complexity index is 604. The predicted molar refractivity (Wildman–Crippen MR) is 73.1 cm³/mol. The highest BCUT2D eigenvalue weighted by atomic mass is 35.5. The molecular weight excluding hydrogens is 293 g/mol. The Morgan fingerprint density at radius 2 is 1.89 bits per heavy atom. The van der Waals surface area contributed by atoms with Crippen LogP contribution < -0.4 is 4.74 Å². The summed E-state index contributed by atoms with van der Waals surface area (Å²) in [6.45, 7) is 0. The number of rotatable bonds is 3. The largest absolute Gasteiger partial charge is 0.456 e. The molecule has 0 saturated heterocycles. The Hall–Kier alpha value is -1.10. The van der Waals surface area contributed by atoms with Gasteiger partial charge in [-0.05, 0) is 12.1 Å².